The lowest BCUT2D eigenvalue weighted by Crippen LogP contribution is -2.05. The molecule has 0 saturated carbocycles. The van der Waals surface area contributed by atoms with Crippen LogP contribution in [0.4, 0.5) is 0 Å². The first-order valence-corrected chi connectivity index (χ1v) is 8.99. The zero-order chi connectivity index (χ0) is 18.8. The Morgan fingerprint density at radius 2 is 1.81 bits per heavy atom. The number of aromatic hydroxyl groups is 1. The van der Waals surface area contributed by atoms with E-state index in [0.29, 0.717) is 17.9 Å². The quantitative estimate of drug-likeness (QED) is 0.505. The van der Waals surface area contributed by atoms with Gasteiger partial charge in [-0.25, -0.2) is 4.98 Å². The largest absolute Gasteiger partial charge is 0.501 e. The van der Waals surface area contributed by atoms with E-state index in [1.165, 1.54) is 6.20 Å². The van der Waals surface area contributed by atoms with Gasteiger partial charge >= 0.3 is 0 Å². The lowest BCUT2D eigenvalue weighted by Gasteiger charge is -2.08. The third-order valence-electron chi connectivity index (χ3n) is 4.04. The van der Waals surface area contributed by atoms with Crippen LogP contribution in [0.3, 0.4) is 0 Å². The van der Waals surface area contributed by atoms with E-state index < -0.39 is 11.2 Å². The summed E-state index contributed by atoms with van der Waals surface area (Å²) in [5.74, 6) is 0.110. The van der Waals surface area contributed by atoms with Crippen molar-refractivity contribution in [3.05, 3.63) is 87.1 Å². The van der Waals surface area contributed by atoms with Crippen molar-refractivity contribution < 1.29 is 14.3 Å². The van der Waals surface area contributed by atoms with Crippen LogP contribution >= 0.6 is 15.9 Å². The first-order chi connectivity index (χ1) is 13.1. The van der Waals surface area contributed by atoms with Crippen molar-refractivity contribution >= 4 is 27.0 Å². The smallest absolute Gasteiger partial charge is 0.253 e. The molecule has 2 aromatic carbocycles. The highest BCUT2D eigenvalue weighted by molar-refractivity contribution is 9.10. The second kappa shape index (κ2) is 7.25. The number of pyridine rings is 1. The van der Waals surface area contributed by atoms with Gasteiger partial charge < -0.3 is 14.3 Å². The van der Waals surface area contributed by atoms with Crippen LogP contribution in [0, 0.1) is 0 Å². The molecular weight excluding hydrogens is 410 g/mol. The Labute approximate surface area is 163 Å². The molecule has 1 N–H and O–H groups in total. The van der Waals surface area contributed by atoms with Crippen LogP contribution < -0.4 is 10.2 Å². The molecule has 0 amide bonds. The van der Waals surface area contributed by atoms with E-state index in [4.69, 9.17) is 9.15 Å². The molecule has 4 aromatic rings. The number of halogens is 1. The normalized spacial score (nSPS) is 10.9. The van der Waals surface area contributed by atoms with Gasteiger partial charge in [0.15, 0.2) is 16.9 Å². The molecule has 0 saturated heterocycles. The monoisotopic (exact) mass is 423 g/mol. The molecule has 0 fully saturated rings. The average Bonchev–Trinajstić information content (AvgIpc) is 2.70. The Bertz CT molecular complexity index is 1150. The fourth-order valence-electron chi connectivity index (χ4n) is 2.67. The van der Waals surface area contributed by atoms with E-state index in [9.17, 15) is 9.90 Å². The number of hydrogen-bond donors (Lipinski definition) is 1. The van der Waals surface area contributed by atoms with E-state index in [1.54, 1.807) is 30.3 Å². The molecule has 0 aliphatic rings. The number of aromatic nitrogens is 1. The molecule has 0 spiro atoms. The Morgan fingerprint density at radius 1 is 1.07 bits per heavy atom. The van der Waals surface area contributed by atoms with Crippen molar-refractivity contribution in [1.29, 1.82) is 0 Å². The van der Waals surface area contributed by atoms with Crippen molar-refractivity contribution in [2.24, 2.45) is 0 Å². The number of hydrogen-bond acceptors (Lipinski definition) is 5. The molecule has 0 unspecified atom stereocenters. The van der Waals surface area contributed by atoms with Crippen LogP contribution in [-0.2, 0) is 6.61 Å². The van der Waals surface area contributed by atoms with Gasteiger partial charge in [-0.15, -0.1) is 0 Å². The van der Waals surface area contributed by atoms with Gasteiger partial charge in [-0.3, -0.25) is 4.79 Å². The van der Waals surface area contributed by atoms with Gasteiger partial charge in [0.25, 0.3) is 5.43 Å². The van der Waals surface area contributed by atoms with E-state index >= 15 is 0 Å². The number of benzene rings is 2. The van der Waals surface area contributed by atoms with Gasteiger partial charge in [0, 0.05) is 16.1 Å². The molecule has 4 rings (SSSR count). The molecule has 0 bridgehead atoms. The van der Waals surface area contributed by atoms with Gasteiger partial charge in [-0.05, 0) is 29.8 Å². The van der Waals surface area contributed by atoms with Crippen LogP contribution in [0.5, 0.6) is 11.5 Å². The predicted molar refractivity (Wildman–Crippen MR) is 106 cm³/mol. The zero-order valence-electron chi connectivity index (χ0n) is 14.1. The van der Waals surface area contributed by atoms with Crippen molar-refractivity contribution in [1.82, 2.24) is 4.98 Å². The van der Waals surface area contributed by atoms with Crippen LogP contribution in [0.15, 0.2) is 80.5 Å². The number of fused-ring (bicyclic) bond motifs is 1. The molecule has 134 valence electrons. The zero-order valence-corrected chi connectivity index (χ0v) is 15.6. The van der Waals surface area contributed by atoms with Gasteiger partial charge in [-0.2, -0.15) is 0 Å². The van der Waals surface area contributed by atoms with Gasteiger partial charge in [0.2, 0.25) is 5.75 Å². The molecule has 2 heterocycles. The summed E-state index contributed by atoms with van der Waals surface area (Å²) in [6.45, 7) is 0.371. The Hall–Kier alpha value is -3.12. The molecule has 5 nitrogen and oxygen atoms in total. The van der Waals surface area contributed by atoms with Gasteiger partial charge in [-0.1, -0.05) is 46.3 Å². The Balaban J connectivity index is 1.73. The standard InChI is InChI=1S/C21H14BrNO4/c22-15-8-6-14(7-9-15)21-20(25)19(24)18-17(27-21)10-16(11-23-18)26-12-13-4-2-1-3-5-13/h1-11,25H,12H2. The van der Waals surface area contributed by atoms with E-state index in [1.807, 2.05) is 30.3 Å². The second-order valence-electron chi connectivity index (χ2n) is 5.91. The average molecular weight is 424 g/mol. The molecule has 0 radical (unpaired) electrons. The van der Waals surface area contributed by atoms with E-state index in [2.05, 4.69) is 20.9 Å². The van der Waals surface area contributed by atoms with Gasteiger partial charge in [0.1, 0.15) is 12.4 Å². The fourth-order valence-corrected chi connectivity index (χ4v) is 2.93. The molecule has 27 heavy (non-hydrogen) atoms. The van der Waals surface area contributed by atoms with Gasteiger partial charge in [0.05, 0.1) is 6.20 Å². The highest BCUT2D eigenvalue weighted by Gasteiger charge is 2.17. The van der Waals surface area contributed by atoms with Crippen LogP contribution in [-0.4, -0.2) is 10.1 Å². The van der Waals surface area contributed by atoms with Crippen LogP contribution in [0.25, 0.3) is 22.4 Å². The fraction of sp³-hybridized carbons (Fsp3) is 0.0476. The first kappa shape index (κ1) is 17.3. The summed E-state index contributed by atoms with van der Waals surface area (Å²) in [4.78, 5) is 16.6. The maximum atomic E-state index is 12.5. The van der Waals surface area contributed by atoms with Crippen molar-refractivity contribution in [3.8, 4) is 22.8 Å². The number of ether oxygens (including phenoxy) is 1. The van der Waals surface area contributed by atoms with E-state index in [0.717, 1.165) is 10.0 Å². The minimum atomic E-state index is -0.580. The molecule has 0 aliphatic carbocycles. The maximum absolute atomic E-state index is 12.5. The summed E-state index contributed by atoms with van der Waals surface area (Å²) >= 11 is 3.36. The summed E-state index contributed by atoms with van der Waals surface area (Å²) in [6.07, 6.45) is 1.45. The third-order valence-corrected chi connectivity index (χ3v) is 4.57. The summed E-state index contributed by atoms with van der Waals surface area (Å²) in [7, 11) is 0. The SMILES string of the molecule is O=c1c(O)c(-c2ccc(Br)cc2)oc2cc(OCc3ccccc3)cnc12. The first-order valence-electron chi connectivity index (χ1n) is 8.20. The molecular formula is C21H14BrNO4. The Kier molecular flexibility index (Phi) is 4.64. The lowest BCUT2D eigenvalue weighted by atomic mass is 10.1. The minimum Gasteiger partial charge on any atom is -0.501 e. The summed E-state index contributed by atoms with van der Waals surface area (Å²) in [5, 5.41) is 10.3. The van der Waals surface area contributed by atoms with Crippen LogP contribution in [0.2, 0.25) is 0 Å². The highest BCUT2D eigenvalue weighted by atomic mass is 79.9. The van der Waals surface area contributed by atoms with Crippen molar-refractivity contribution in [2.75, 3.05) is 0 Å². The minimum absolute atomic E-state index is 0.0559. The topological polar surface area (TPSA) is 72.6 Å². The lowest BCUT2D eigenvalue weighted by molar-refractivity contribution is 0.305. The summed E-state index contributed by atoms with van der Waals surface area (Å²) in [5.41, 5.74) is 1.33. The molecule has 2 aromatic heterocycles. The summed E-state index contributed by atoms with van der Waals surface area (Å²) in [6, 6.07) is 18.4. The highest BCUT2D eigenvalue weighted by Crippen LogP contribution is 2.31. The predicted octanol–water partition coefficient (Wildman–Crippen LogP) is 4.90. The molecule has 0 atom stereocenters. The Morgan fingerprint density at radius 3 is 2.56 bits per heavy atom. The second-order valence-corrected chi connectivity index (χ2v) is 6.82. The molecule has 6 heteroatoms. The van der Waals surface area contributed by atoms with Crippen molar-refractivity contribution in [2.45, 2.75) is 6.61 Å². The number of rotatable bonds is 4. The number of nitrogens with zero attached hydrogens (tertiary/aromatic N) is 1. The van der Waals surface area contributed by atoms with E-state index in [-0.39, 0.29) is 16.9 Å². The summed E-state index contributed by atoms with van der Waals surface area (Å²) < 4.78 is 12.4. The maximum Gasteiger partial charge on any atom is 0.253 e. The third kappa shape index (κ3) is 3.57. The van der Waals surface area contributed by atoms with Crippen molar-refractivity contribution in [3.63, 3.8) is 0 Å². The molecule has 0 aliphatic heterocycles. The van der Waals surface area contributed by atoms with Crippen LogP contribution in [0.1, 0.15) is 5.56 Å².